The molecule has 3 fully saturated rings. The molecule has 33 heavy (non-hydrogen) atoms. The molecule has 3 saturated heterocycles. The van der Waals surface area contributed by atoms with Crippen LogP contribution in [-0.4, -0.2) is 81.8 Å². The summed E-state index contributed by atoms with van der Waals surface area (Å²) in [4.78, 5) is 44.4. The van der Waals surface area contributed by atoms with Crippen LogP contribution in [0.25, 0.3) is 0 Å². The van der Waals surface area contributed by atoms with Gasteiger partial charge in [-0.25, -0.2) is 0 Å². The second-order valence-corrected chi connectivity index (χ2v) is 10.2. The summed E-state index contributed by atoms with van der Waals surface area (Å²) in [6, 6.07) is -1.56. The van der Waals surface area contributed by atoms with E-state index in [1.54, 1.807) is 24.8 Å². The number of hydrogen-bond donors (Lipinski definition) is 1. The number of hydrogen-bond acceptors (Lipinski definition) is 6. The van der Waals surface area contributed by atoms with E-state index >= 15 is 0 Å². The van der Waals surface area contributed by atoms with Gasteiger partial charge in [0, 0.05) is 12.6 Å². The molecule has 3 aliphatic rings. The zero-order chi connectivity index (χ0) is 24.7. The summed E-state index contributed by atoms with van der Waals surface area (Å²) < 4.78 is 12.0. The molecule has 8 heteroatoms. The summed E-state index contributed by atoms with van der Waals surface area (Å²) in [6.07, 6.45) is 3.90. The monoisotopic (exact) mass is 464 g/mol. The average Bonchev–Trinajstić information content (AvgIpc) is 3.28. The molecule has 1 spiro atoms. The number of aliphatic hydroxyl groups excluding tert-OH is 1. The lowest BCUT2D eigenvalue weighted by Crippen LogP contribution is -2.59. The van der Waals surface area contributed by atoms with Gasteiger partial charge in [-0.05, 0) is 46.5 Å². The third kappa shape index (κ3) is 3.70. The molecular weight excluding hydrogens is 424 g/mol. The SMILES string of the molecule is C=CCN(C(=O)C1N([C@H](C)CO)C(=O)[C@@H]2[C@@H](C(=O)OCC)[C@]3(C)OC12CC3C)C(C)CCC. The van der Waals surface area contributed by atoms with Crippen LogP contribution in [0.3, 0.4) is 0 Å². The van der Waals surface area contributed by atoms with Crippen LogP contribution >= 0.6 is 0 Å². The van der Waals surface area contributed by atoms with E-state index in [0.29, 0.717) is 13.0 Å². The maximum Gasteiger partial charge on any atom is 0.312 e. The molecule has 1 N–H and O–H groups in total. The summed E-state index contributed by atoms with van der Waals surface area (Å²) in [5.41, 5.74) is -2.02. The summed E-state index contributed by atoms with van der Waals surface area (Å²) >= 11 is 0. The van der Waals surface area contributed by atoms with Gasteiger partial charge >= 0.3 is 5.97 Å². The Bertz CT molecular complexity index is 802. The minimum atomic E-state index is -1.13. The molecule has 3 aliphatic heterocycles. The number of aliphatic hydroxyl groups is 1. The predicted octanol–water partition coefficient (Wildman–Crippen LogP) is 2.14. The minimum Gasteiger partial charge on any atom is -0.466 e. The average molecular weight is 465 g/mol. The molecule has 2 amide bonds. The van der Waals surface area contributed by atoms with Gasteiger partial charge in [0.05, 0.1) is 30.8 Å². The van der Waals surface area contributed by atoms with Crippen molar-refractivity contribution >= 4 is 17.8 Å². The van der Waals surface area contributed by atoms with Gasteiger partial charge in [-0.3, -0.25) is 14.4 Å². The predicted molar refractivity (Wildman–Crippen MR) is 123 cm³/mol. The molecule has 186 valence electrons. The molecule has 0 aromatic heterocycles. The van der Waals surface area contributed by atoms with Crippen molar-refractivity contribution in [1.82, 2.24) is 9.80 Å². The quantitative estimate of drug-likeness (QED) is 0.393. The van der Waals surface area contributed by atoms with E-state index < -0.39 is 41.1 Å². The second kappa shape index (κ2) is 9.37. The van der Waals surface area contributed by atoms with Crippen LogP contribution < -0.4 is 0 Å². The molecule has 0 aliphatic carbocycles. The first-order valence-electron chi connectivity index (χ1n) is 12.3. The highest BCUT2D eigenvalue weighted by molar-refractivity contribution is 5.98. The van der Waals surface area contributed by atoms with Crippen molar-refractivity contribution in [3.63, 3.8) is 0 Å². The summed E-state index contributed by atoms with van der Waals surface area (Å²) in [5.74, 6) is -2.64. The van der Waals surface area contributed by atoms with Gasteiger partial charge in [-0.1, -0.05) is 26.3 Å². The van der Waals surface area contributed by atoms with Gasteiger partial charge in [0.2, 0.25) is 11.8 Å². The molecular formula is C25H40N2O6. The van der Waals surface area contributed by atoms with E-state index in [-0.39, 0.29) is 37.0 Å². The number of carbonyl (C=O) groups excluding carboxylic acids is 3. The Morgan fingerprint density at radius 2 is 2.06 bits per heavy atom. The molecule has 8 nitrogen and oxygen atoms in total. The van der Waals surface area contributed by atoms with Gasteiger partial charge in [-0.2, -0.15) is 0 Å². The van der Waals surface area contributed by atoms with Crippen molar-refractivity contribution in [1.29, 1.82) is 0 Å². The van der Waals surface area contributed by atoms with Gasteiger partial charge < -0.3 is 24.4 Å². The van der Waals surface area contributed by atoms with E-state index in [1.165, 1.54) is 4.90 Å². The van der Waals surface area contributed by atoms with Gasteiger partial charge in [-0.15, -0.1) is 6.58 Å². The van der Waals surface area contributed by atoms with Crippen LogP contribution in [0, 0.1) is 17.8 Å². The van der Waals surface area contributed by atoms with Crippen molar-refractivity contribution in [2.24, 2.45) is 17.8 Å². The lowest BCUT2D eigenvalue weighted by molar-refractivity contribution is -0.163. The lowest BCUT2D eigenvalue weighted by Gasteiger charge is -2.40. The smallest absolute Gasteiger partial charge is 0.312 e. The van der Waals surface area contributed by atoms with Crippen molar-refractivity contribution in [3.8, 4) is 0 Å². The third-order valence-corrected chi connectivity index (χ3v) is 8.11. The molecule has 0 aromatic rings. The molecule has 0 saturated carbocycles. The van der Waals surface area contributed by atoms with Crippen LogP contribution in [0.2, 0.25) is 0 Å². The molecule has 0 radical (unpaired) electrons. The molecule has 8 atom stereocenters. The Labute approximate surface area is 197 Å². The highest BCUT2D eigenvalue weighted by atomic mass is 16.6. The fourth-order valence-electron chi connectivity index (χ4n) is 6.47. The zero-order valence-electron chi connectivity index (χ0n) is 20.9. The number of fused-ring (bicyclic) bond motifs is 1. The van der Waals surface area contributed by atoms with Crippen molar-refractivity contribution < 1.29 is 29.0 Å². The molecule has 2 bridgehead atoms. The molecule has 3 heterocycles. The van der Waals surface area contributed by atoms with Crippen LogP contribution in [0.15, 0.2) is 12.7 Å². The Kier molecular flexibility index (Phi) is 7.30. The number of rotatable bonds is 10. The highest BCUT2D eigenvalue weighted by Crippen LogP contribution is 2.65. The summed E-state index contributed by atoms with van der Waals surface area (Å²) in [6.45, 7) is 15.5. The van der Waals surface area contributed by atoms with Gasteiger partial charge in [0.25, 0.3) is 0 Å². The zero-order valence-corrected chi connectivity index (χ0v) is 20.9. The molecule has 3 rings (SSSR count). The molecule has 0 aromatic carbocycles. The standard InChI is InChI=1S/C25H40N2O6/c1-8-11-16(5)26(12-9-2)22(30)20-25-13-15(4)24(7,33-25)19(23(31)32-10-3)18(25)21(29)27(20)17(6)14-28/h9,15-20,28H,2,8,10-14H2,1,3-7H3/t15?,16?,17-,18+,19+,20?,24-,25?/m1/s1. The Morgan fingerprint density at radius 3 is 2.61 bits per heavy atom. The van der Waals surface area contributed by atoms with Crippen LogP contribution in [0.5, 0.6) is 0 Å². The number of nitrogens with zero attached hydrogens (tertiary/aromatic N) is 2. The van der Waals surface area contributed by atoms with E-state index in [0.717, 1.165) is 12.8 Å². The highest BCUT2D eigenvalue weighted by Gasteiger charge is 2.80. The number of carbonyl (C=O) groups is 3. The van der Waals surface area contributed by atoms with E-state index in [9.17, 15) is 19.5 Å². The minimum absolute atomic E-state index is 0.0449. The van der Waals surface area contributed by atoms with Crippen LogP contribution in [0.4, 0.5) is 0 Å². The molecule has 4 unspecified atom stereocenters. The fraction of sp³-hybridized carbons (Fsp3) is 0.800. The number of likely N-dealkylation sites (tertiary alicyclic amines) is 1. The number of amides is 2. The Morgan fingerprint density at radius 1 is 1.39 bits per heavy atom. The van der Waals surface area contributed by atoms with Crippen LogP contribution in [0.1, 0.15) is 60.8 Å². The maximum absolute atomic E-state index is 14.2. The maximum atomic E-state index is 14.2. The van der Waals surface area contributed by atoms with Crippen molar-refractivity contribution in [2.45, 2.75) is 90.1 Å². The van der Waals surface area contributed by atoms with Crippen molar-refractivity contribution in [2.75, 3.05) is 19.8 Å². The lowest BCUT2D eigenvalue weighted by atomic mass is 9.62. The largest absolute Gasteiger partial charge is 0.466 e. The second-order valence-electron chi connectivity index (χ2n) is 10.2. The first-order chi connectivity index (χ1) is 15.5. The van der Waals surface area contributed by atoms with Crippen LogP contribution in [-0.2, 0) is 23.9 Å². The van der Waals surface area contributed by atoms with E-state index in [2.05, 4.69) is 13.5 Å². The first kappa shape index (κ1) is 25.7. The van der Waals surface area contributed by atoms with Crippen molar-refractivity contribution in [3.05, 3.63) is 12.7 Å². The number of ether oxygens (including phenoxy) is 2. The Balaban J connectivity index is 2.14. The topological polar surface area (TPSA) is 96.4 Å². The summed E-state index contributed by atoms with van der Waals surface area (Å²) in [7, 11) is 0. The van der Waals surface area contributed by atoms with E-state index in [1.807, 2.05) is 20.8 Å². The van der Waals surface area contributed by atoms with E-state index in [4.69, 9.17) is 9.47 Å². The summed E-state index contributed by atoms with van der Waals surface area (Å²) in [5, 5.41) is 9.97. The Hall–Kier alpha value is -1.93. The fourth-order valence-corrected chi connectivity index (χ4v) is 6.47. The van der Waals surface area contributed by atoms with Gasteiger partial charge in [0.15, 0.2) is 0 Å². The normalized spacial score (nSPS) is 36.5. The third-order valence-electron chi connectivity index (χ3n) is 8.11. The van der Waals surface area contributed by atoms with Gasteiger partial charge in [0.1, 0.15) is 17.6 Å². The first-order valence-corrected chi connectivity index (χ1v) is 12.3. The number of esters is 1.